The van der Waals surface area contributed by atoms with Crippen molar-refractivity contribution in [3.05, 3.63) is 89.2 Å². The first kappa shape index (κ1) is 22.4. The number of carboxylic acid groups (broad SMARTS) is 1. The average molecular weight is 448 g/mol. The number of fused-ring (bicyclic) bond motifs is 3. The molecule has 0 spiro atoms. The summed E-state index contributed by atoms with van der Waals surface area (Å²) in [7, 11) is 0. The molecular formula is C25H24N2O6. The summed E-state index contributed by atoms with van der Waals surface area (Å²) < 4.78 is 5.44. The van der Waals surface area contributed by atoms with Crippen molar-refractivity contribution in [3.8, 4) is 11.1 Å². The molecule has 1 aliphatic rings. The molecule has 0 saturated heterocycles. The molecule has 8 nitrogen and oxygen atoms in total. The molecule has 4 rings (SSSR count). The van der Waals surface area contributed by atoms with E-state index >= 15 is 0 Å². The zero-order valence-electron chi connectivity index (χ0n) is 17.7. The Labute approximate surface area is 190 Å². The van der Waals surface area contributed by atoms with Crippen LogP contribution in [0.25, 0.3) is 11.1 Å². The van der Waals surface area contributed by atoms with Crippen LogP contribution in [0.5, 0.6) is 0 Å². The van der Waals surface area contributed by atoms with Gasteiger partial charge in [-0.15, -0.1) is 0 Å². The van der Waals surface area contributed by atoms with Gasteiger partial charge in [0, 0.05) is 24.2 Å². The normalized spacial score (nSPS) is 14.1. The number of carboxylic acids is 1. The van der Waals surface area contributed by atoms with Gasteiger partial charge in [0.25, 0.3) is 0 Å². The number of hydrogen-bond donors (Lipinski definition) is 4. The van der Waals surface area contributed by atoms with E-state index in [1.807, 2.05) is 36.4 Å². The second-order valence-corrected chi connectivity index (χ2v) is 7.84. The Bertz CT molecular complexity index is 1100. The van der Waals surface area contributed by atoms with E-state index in [9.17, 15) is 19.8 Å². The number of aromatic carboxylic acids is 1. The molecule has 1 heterocycles. The Kier molecular flexibility index (Phi) is 6.67. The van der Waals surface area contributed by atoms with Crippen molar-refractivity contribution in [1.29, 1.82) is 0 Å². The lowest BCUT2D eigenvalue weighted by atomic mass is 9.98. The fraction of sp³-hybridized carbons (Fsp3) is 0.240. The fourth-order valence-electron chi connectivity index (χ4n) is 4.06. The van der Waals surface area contributed by atoms with E-state index in [0.717, 1.165) is 22.3 Å². The molecule has 0 saturated carbocycles. The minimum Gasteiger partial charge on any atom is -0.477 e. The monoisotopic (exact) mass is 448 g/mol. The summed E-state index contributed by atoms with van der Waals surface area (Å²) in [6, 6.07) is 18.8. The van der Waals surface area contributed by atoms with E-state index in [1.54, 1.807) is 0 Å². The number of aromatic nitrogens is 1. The number of nitrogens with one attached hydrogen (secondary N) is 1. The Balaban J connectivity index is 1.27. The van der Waals surface area contributed by atoms with E-state index in [-0.39, 0.29) is 36.7 Å². The van der Waals surface area contributed by atoms with Crippen LogP contribution in [0.1, 0.15) is 45.6 Å². The lowest BCUT2D eigenvalue weighted by Crippen LogP contribution is -2.30. The lowest BCUT2D eigenvalue weighted by molar-refractivity contribution is 0.0134. The summed E-state index contributed by atoms with van der Waals surface area (Å²) in [6.07, 6.45) is -1.76. The van der Waals surface area contributed by atoms with Crippen LogP contribution < -0.4 is 5.32 Å². The highest BCUT2D eigenvalue weighted by atomic mass is 16.5. The van der Waals surface area contributed by atoms with E-state index < -0.39 is 24.3 Å². The van der Waals surface area contributed by atoms with Crippen LogP contribution in [0.4, 0.5) is 4.79 Å². The van der Waals surface area contributed by atoms with Gasteiger partial charge in [-0.25, -0.2) is 14.6 Å². The number of hydrogen-bond acceptors (Lipinski definition) is 6. The third-order valence-electron chi connectivity index (χ3n) is 5.76. The second kappa shape index (κ2) is 9.81. The van der Waals surface area contributed by atoms with Gasteiger partial charge in [-0.2, -0.15) is 0 Å². The van der Waals surface area contributed by atoms with Crippen LogP contribution in [-0.2, 0) is 4.74 Å². The van der Waals surface area contributed by atoms with Crippen LogP contribution in [0.15, 0.2) is 66.9 Å². The van der Waals surface area contributed by atoms with Crippen molar-refractivity contribution in [3.63, 3.8) is 0 Å². The number of alkyl carbamates (subject to hydrolysis) is 1. The standard InChI is InChI=1S/C25H24N2O6/c28-22(23(29)15-9-10-21(24(30)31)27-13-15)11-12-26-25(32)33-14-20-18-7-3-1-5-16(18)17-6-2-4-8-19(17)20/h1-10,13,20,22-23,28-29H,11-12,14H2,(H,26,32)(H,30,31). The van der Waals surface area contributed by atoms with Crippen LogP contribution >= 0.6 is 0 Å². The van der Waals surface area contributed by atoms with Gasteiger partial charge in [0.2, 0.25) is 0 Å². The average Bonchev–Trinajstić information content (AvgIpc) is 3.16. The van der Waals surface area contributed by atoms with E-state index in [4.69, 9.17) is 9.84 Å². The highest BCUT2D eigenvalue weighted by Gasteiger charge is 2.29. The first-order valence-electron chi connectivity index (χ1n) is 10.6. The topological polar surface area (TPSA) is 129 Å². The highest BCUT2D eigenvalue weighted by molar-refractivity contribution is 5.85. The number of aliphatic hydroxyl groups excluding tert-OH is 2. The molecular weight excluding hydrogens is 424 g/mol. The zero-order valence-corrected chi connectivity index (χ0v) is 17.7. The van der Waals surface area contributed by atoms with Crippen molar-refractivity contribution in [1.82, 2.24) is 10.3 Å². The van der Waals surface area contributed by atoms with E-state index in [0.29, 0.717) is 0 Å². The molecule has 170 valence electrons. The number of rotatable bonds is 8. The number of aliphatic hydroxyl groups is 2. The van der Waals surface area contributed by atoms with Gasteiger partial charge >= 0.3 is 12.1 Å². The van der Waals surface area contributed by atoms with Gasteiger partial charge in [-0.1, -0.05) is 54.6 Å². The number of benzene rings is 2. The van der Waals surface area contributed by atoms with Gasteiger partial charge in [0.1, 0.15) is 18.4 Å². The zero-order chi connectivity index (χ0) is 23.4. The molecule has 1 aliphatic carbocycles. The summed E-state index contributed by atoms with van der Waals surface area (Å²) in [5, 5.41) is 31.9. The van der Waals surface area contributed by atoms with Crippen LogP contribution in [0.2, 0.25) is 0 Å². The number of carbonyl (C=O) groups is 2. The molecule has 0 fully saturated rings. The number of nitrogens with zero attached hydrogens (tertiary/aromatic N) is 1. The van der Waals surface area contributed by atoms with Crippen molar-refractivity contribution in [2.24, 2.45) is 0 Å². The van der Waals surface area contributed by atoms with Gasteiger partial charge in [-0.05, 0) is 34.7 Å². The Hall–Kier alpha value is -3.75. The predicted octanol–water partition coefficient (Wildman–Crippen LogP) is 3.10. The molecule has 2 unspecified atom stereocenters. The summed E-state index contributed by atoms with van der Waals surface area (Å²) >= 11 is 0. The molecule has 2 atom stereocenters. The van der Waals surface area contributed by atoms with E-state index in [1.165, 1.54) is 18.3 Å². The lowest BCUT2D eigenvalue weighted by Gasteiger charge is -2.18. The molecule has 0 bridgehead atoms. The Morgan fingerprint density at radius 2 is 1.61 bits per heavy atom. The molecule has 0 aliphatic heterocycles. The van der Waals surface area contributed by atoms with E-state index in [2.05, 4.69) is 22.4 Å². The maximum atomic E-state index is 12.2. The summed E-state index contributed by atoms with van der Waals surface area (Å²) in [5.74, 6) is -1.22. The van der Waals surface area contributed by atoms with Crippen LogP contribution in [0, 0.1) is 0 Å². The minimum absolute atomic E-state index is 0.0446. The maximum Gasteiger partial charge on any atom is 0.407 e. The largest absolute Gasteiger partial charge is 0.477 e. The smallest absolute Gasteiger partial charge is 0.407 e. The molecule has 1 amide bonds. The predicted molar refractivity (Wildman–Crippen MR) is 120 cm³/mol. The molecule has 0 radical (unpaired) electrons. The van der Waals surface area contributed by atoms with Crippen LogP contribution in [0.3, 0.4) is 0 Å². The minimum atomic E-state index is -1.26. The van der Waals surface area contributed by atoms with Crippen LogP contribution in [-0.4, -0.2) is 51.6 Å². The summed E-state index contributed by atoms with van der Waals surface area (Å²) in [5.41, 5.74) is 4.65. The van der Waals surface area contributed by atoms with Crippen molar-refractivity contribution in [2.45, 2.75) is 24.5 Å². The molecule has 2 aromatic carbocycles. The molecule has 3 aromatic rings. The van der Waals surface area contributed by atoms with Gasteiger partial charge in [0.05, 0.1) is 6.10 Å². The third kappa shape index (κ3) is 4.87. The number of amides is 1. The number of pyridine rings is 1. The summed E-state index contributed by atoms with van der Waals surface area (Å²) in [6.45, 7) is 0.280. The molecule has 4 N–H and O–H groups in total. The number of ether oxygens (including phenoxy) is 1. The summed E-state index contributed by atoms with van der Waals surface area (Å²) in [4.78, 5) is 26.8. The maximum absolute atomic E-state index is 12.2. The molecule has 1 aromatic heterocycles. The Morgan fingerprint density at radius 1 is 0.970 bits per heavy atom. The van der Waals surface area contributed by atoms with Gasteiger partial charge < -0.3 is 25.4 Å². The second-order valence-electron chi connectivity index (χ2n) is 7.84. The first-order chi connectivity index (χ1) is 16.0. The SMILES string of the molecule is O=C(NCCC(O)C(O)c1ccc(C(=O)O)nc1)OCC1c2ccccc2-c2ccccc21. The van der Waals surface area contributed by atoms with Gasteiger partial charge in [0.15, 0.2) is 0 Å². The first-order valence-corrected chi connectivity index (χ1v) is 10.6. The van der Waals surface area contributed by atoms with Crippen molar-refractivity contribution in [2.75, 3.05) is 13.2 Å². The Morgan fingerprint density at radius 3 is 2.18 bits per heavy atom. The quantitative estimate of drug-likeness (QED) is 0.417. The molecule has 33 heavy (non-hydrogen) atoms. The van der Waals surface area contributed by atoms with Crippen molar-refractivity contribution < 1.29 is 29.6 Å². The fourth-order valence-corrected chi connectivity index (χ4v) is 4.06. The number of carbonyl (C=O) groups excluding carboxylic acids is 1. The van der Waals surface area contributed by atoms with Gasteiger partial charge in [-0.3, -0.25) is 0 Å². The molecule has 8 heteroatoms. The highest BCUT2D eigenvalue weighted by Crippen LogP contribution is 2.44. The third-order valence-corrected chi connectivity index (χ3v) is 5.76. The van der Waals surface area contributed by atoms with Crippen molar-refractivity contribution >= 4 is 12.1 Å².